The van der Waals surface area contributed by atoms with Gasteiger partial charge in [0.15, 0.2) is 5.65 Å². The fourth-order valence-corrected chi connectivity index (χ4v) is 3.82. The van der Waals surface area contributed by atoms with E-state index in [4.69, 9.17) is 0 Å². The van der Waals surface area contributed by atoms with Gasteiger partial charge in [-0.3, -0.25) is 9.20 Å². The van der Waals surface area contributed by atoms with Crippen molar-refractivity contribution >= 4 is 27.5 Å². The van der Waals surface area contributed by atoms with Gasteiger partial charge in [0.05, 0.1) is 0 Å². The van der Waals surface area contributed by atoms with Crippen LogP contribution in [0.15, 0.2) is 41.6 Å². The highest BCUT2D eigenvalue weighted by Crippen LogP contribution is 2.18. The Bertz CT molecular complexity index is 1030. The van der Waals surface area contributed by atoms with Crippen LogP contribution in [0.5, 0.6) is 0 Å². The molecule has 3 aromatic heterocycles. The summed E-state index contributed by atoms with van der Waals surface area (Å²) in [6.07, 6.45) is 4.90. The number of aromatic amines is 1. The number of nitrogens with zero attached hydrogens (tertiary/aromatic N) is 4. The van der Waals surface area contributed by atoms with Crippen LogP contribution in [-0.4, -0.2) is 51.9 Å². The lowest BCUT2D eigenvalue weighted by Crippen LogP contribution is -2.27. The van der Waals surface area contributed by atoms with Gasteiger partial charge in [-0.25, -0.2) is 13.1 Å². The van der Waals surface area contributed by atoms with Gasteiger partial charge >= 0.3 is 0 Å². The van der Waals surface area contributed by atoms with E-state index in [0.717, 1.165) is 12.8 Å². The molecule has 0 atom stereocenters. The summed E-state index contributed by atoms with van der Waals surface area (Å²) in [4.78, 5) is 16.8. The van der Waals surface area contributed by atoms with Gasteiger partial charge in [-0.1, -0.05) is 6.07 Å². The zero-order valence-electron chi connectivity index (χ0n) is 13.2. The average Bonchev–Trinajstić information content (AvgIpc) is 3.35. The second-order valence-corrected chi connectivity index (χ2v) is 7.49. The van der Waals surface area contributed by atoms with Gasteiger partial charge in [0.1, 0.15) is 10.6 Å². The lowest BCUT2D eigenvalue weighted by atomic mass is 10.4. The number of nitrogens with one attached hydrogen (secondary N) is 2. The first kappa shape index (κ1) is 15.6. The van der Waals surface area contributed by atoms with Gasteiger partial charge in [0, 0.05) is 25.5 Å². The van der Waals surface area contributed by atoms with E-state index in [0.29, 0.717) is 18.7 Å². The van der Waals surface area contributed by atoms with Gasteiger partial charge in [-0.2, -0.15) is 0 Å². The Hall–Kier alpha value is -2.88. The number of anilines is 1. The maximum atomic E-state index is 12.6. The molecule has 3 aromatic rings. The summed E-state index contributed by atoms with van der Waals surface area (Å²) in [6.45, 7) is 1.40. The van der Waals surface area contributed by atoms with Crippen LogP contribution in [0.1, 0.15) is 23.3 Å². The molecular formula is C15H16N6O3S. The third kappa shape index (κ3) is 2.84. The van der Waals surface area contributed by atoms with E-state index in [2.05, 4.69) is 19.9 Å². The number of carbonyl (C=O) groups is 1. The minimum absolute atomic E-state index is 0.0253. The van der Waals surface area contributed by atoms with Crippen molar-refractivity contribution in [2.75, 3.05) is 17.8 Å². The third-order valence-corrected chi connectivity index (χ3v) is 5.44. The van der Waals surface area contributed by atoms with Crippen molar-refractivity contribution in [3.63, 3.8) is 0 Å². The number of sulfonamides is 1. The molecule has 4 rings (SSSR count). The summed E-state index contributed by atoms with van der Waals surface area (Å²) < 4.78 is 29.1. The first-order valence-corrected chi connectivity index (χ1v) is 9.33. The molecule has 0 saturated carbocycles. The van der Waals surface area contributed by atoms with Crippen molar-refractivity contribution in [1.29, 1.82) is 0 Å². The lowest BCUT2D eigenvalue weighted by molar-refractivity contribution is 0.0787. The number of H-pyrrole nitrogens is 1. The quantitative estimate of drug-likeness (QED) is 0.723. The highest BCUT2D eigenvalue weighted by Gasteiger charge is 2.24. The van der Waals surface area contributed by atoms with Gasteiger partial charge in [-0.15, -0.1) is 10.2 Å². The van der Waals surface area contributed by atoms with E-state index < -0.39 is 10.0 Å². The summed E-state index contributed by atoms with van der Waals surface area (Å²) in [5.41, 5.74) is 0.785. The molecule has 0 aromatic carbocycles. The molecular weight excluding hydrogens is 344 g/mol. The lowest BCUT2D eigenvalue weighted by Gasteiger charge is -2.13. The normalized spacial score (nSPS) is 15.0. The molecule has 1 aliphatic rings. The highest BCUT2D eigenvalue weighted by molar-refractivity contribution is 7.92. The molecule has 25 heavy (non-hydrogen) atoms. The Labute approximate surface area is 143 Å². The number of hydrogen-bond acceptors (Lipinski definition) is 5. The Morgan fingerprint density at radius 2 is 2.00 bits per heavy atom. The van der Waals surface area contributed by atoms with E-state index in [-0.39, 0.29) is 22.4 Å². The van der Waals surface area contributed by atoms with Crippen molar-refractivity contribution in [1.82, 2.24) is 24.5 Å². The van der Waals surface area contributed by atoms with Crippen molar-refractivity contribution in [3.05, 3.63) is 42.4 Å². The van der Waals surface area contributed by atoms with Crippen molar-refractivity contribution in [3.8, 4) is 0 Å². The molecule has 1 fully saturated rings. The first-order valence-electron chi connectivity index (χ1n) is 7.85. The molecule has 2 N–H and O–H groups in total. The van der Waals surface area contributed by atoms with Gasteiger partial charge in [0.25, 0.3) is 15.9 Å². The predicted octanol–water partition coefficient (Wildman–Crippen LogP) is 1.09. The van der Waals surface area contributed by atoms with Crippen molar-refractivity contribution < 1.29 is 13.2 Å². The second kappa shape index (κ2) is 5.88. The maximum absolute atomic E-state index is 12.6. The van der Waals surface area contributed by atoms with Crippen LogP contribution in [-0.2, 0) is 10.0 Å². The minimum atomic E-state index is -3.89. The number of fused-ring (bicyclic) bond motifs is 1. The molecule has 130 valence electrons. The van der Waals surface area contributed by atoms with Gasteiger partial charge in [0.2, 0.25) is 5.95 Å². The van der Waals surface area contributed by atoms with Crippen LogP contribution in [0.3, 0.4) is 0 Å². The van der Waals surface area contributed by atoms with Gasteiger partial charge < -0.3 is 9.88 Å². The SMILES string of the molecule is O=C(c1cc(S(=O)(=O)Nc2nnc3ccccn23)c[nH]1)N1CCCC1. The maximum Gasteiger partial charge on any atom is 0.270 e. The van der Waals surface area contributed by atoms with E-state index >= 15 is 0 Å². The monoisotopic (exact) mass is 360 g/mol. The summed E-state index contributed by atoms with van der Waals surface area (Å²) in [7, 11) is -3.89. The highest BCUT2D eigenvalue weighted by atomic mass is 32.2. The molecule has 0 bridgehead atoms. The Morgan fingerprint density at radius 3 is 2.80 bits per heavy atom. The van der Waals surface area contributed by atoms with Crippen LogP contribution in [0, 0.1) is 0 Å². The topological polar surface area (TPSA) is 112 Å². The molecule has 0 unspecified atom stereocenters. The molecule has 1 aliphatic heterocycles. The standard InChI is InChI=1S/C15H16N6O3S/c22-14(20-6-3-4-7-20)12-9-11(10-16-12)25(23,24)19-15-18-17-13-5-1-2-8-21(13)15/h1-2,5,8-10,16H,3-4,6-7H2,(H,18,19). The summed E-state index contributed by atoms with van der Waals surface area (Å²) in [5, 5.41) is 7.75. The molecule has 0 radical (unpaired) electrons. The van der Waals surface area contributed by atoms with E-state index in [1.54, 1.807) is 29.3 Å². The number of hydrogen-bond donors (Lipinski definition) is 2. The second-order valence-electron chi connectivity index (χ2n) is 5.81. The Morgan fingerprint density at radius 1 is 1.20 bits per heavy atom. The number of carbonyl (C=O) groups excluding carboxylic acids is 1. The van der Waals surface area contributed by atoms with E-state index in [1.165, 1.54) is 16.7 Å². The average molecular weight is 360 g/mol. The molecule has 10 heteroatoms. The first-order chi connectivity index (χ1) is 12.0. The third-order valence-electron chi connectivity index (χ3n) is 4.13. The number of likely N-dealkylation sites (tertiary alicyclic amines) is 1. The Kier molecular flexibility index (Phi) is 3.68. The number of rotatable bonds is 4. The van der Waals surface area contributed by atoms with Gasteiger partial charge in [-0.05, 0) is 31.0 Å². The zero-order valence-corrected chi connectivity index (χ0v) is 14.0. The largest absolute Gasteiger partial charge is 0.356 e. The molecule has 9 nitrogen and oxygen atoms in total. The van der Waals surface area contributed by atoms with Crippen LogP contribution in [0.2, 0.25) is 0 Å². The smallest absolute Gasteiger partial charge is 0.270 e. The van der Waals surface area contributed by atoms with E-state index in [9.17, 15) is 13.2 Å². The number of pyridine rings is 1. The molecule has 1 amide bonds. The molecule has 0 aliphatic carbocycles. The zero-order chi connectivity index (χ0) is 17.4. The van der Waals surface area contributed by atoms with Crippen molar-refractivity contribution in [2.24, 2.45) is 0 Å². The fourth-order valence-electron chi connectivity index (χ4n) is 2.83. The number of amides is 1. The predicted molar refractivity (Wildman–Crippen MR) is 89.7 cm³/mol. The number of aromatic nitrogens is 4. The fraction of sp³-hybridized carbons (Fsp3) is 0.267. The summed E-state index contributed by atoms with van der Waals surface area (Å²) >= 11 is 0. The van der Waals surface area contributed by atoms with Crippen LogP contribution < -0.4 is 4.72 Å². The van der Waals surface area contributed by atoms with Crippen LogP contribution >= 0.6 is 0 Å². The molecule has 1 saturated heterocycles. The van der Waals surface area contributed by atoms with Crippen LogP contribution in [0.25, 0.3) is 5.65 Å². The Balaban J connectivity index is 1.59. The van der Waals surface area contributed by atoms with Crippen molar-refractivity contribution in [2.45, 2.75) is 17.7 Å². The summed E-state index contributed by atoms with van der Waals surface area (Å²) in [5.74, 6) is -0.101. The van der Waals surface area contributed by atoms with E-state index in [1.807, 2.05) is 0 Å². The molecule has 4 heterocycles. The molecule has 0 spiro atoms. The van der Waals surface area contributed by atoms with Crippen LogP contribution in [0.4, 0.5) is 5.95 Å². The minimum Gasteiger partial charge on any atom is -0.356 e. The summed E-state index contributed by atoms with van der Waals surface area (Å²) in [6, 6.07) is 6.59.